The van der Waals surface area contributed by atoms with Crippen molar-refractivity contribution in [2.24, 2.45) is 5.73 Å². The maximum Gasteiger partial charge on any atom is 0.237 e. The topological polar surface area (TPSA) is 95.1 Å². The molecule has 2 aromatic rings. The molecule has 0 atom stereocenters. The molecule has 1 amide bonds. The highest BCUT2D eigenvalue weighted by atomic mass is 32.2. The molecule has 0 aliphatic heterocycles. The van der Waals surface area contributed by atoms with Crippen LogP contribution in [0.15, 0.2) is 29.4 Å². The minimum atomic E-state index is -3.49. The number of benzene rings is 1. The van der Waals surface area contributed by atoms with Crippen molar-refractivity contribution in [2.75, 3.05) is 5.75 Å². The van der Waals surface area contributed by atoms with Crippen LogP contribution in [-0.4, -0.2) is 29.6 Å². The summed E-state index contributed by atoms with van der Waals surface area (Å²) < 4.78 is 25.2. The van der Waals surface area contributed by atoms with E-state index >= 15 is 0 Å². The van der Waals surface area contributed by atoms with E-state index in [9.17, 15) is 13.2 Å². The molecule has 7 heteroatoms. The van der Waals surface area contributed by atoms with Gasteiger partial charge in [0, 0.05) is 0 Å². The van der Waals surface area contributed by atoms with Gasteiger partial charge in [0.15, 0.2) is 0 Å². The van der Waals surface area contributed by atoms with Gasteiger partial charge in [-0.05, 0) is 12.1 Å². The third-order valence-electron chi connectivity index (χ3n) is 2.59. The Hall–Kier alpha value is -1.89. The molecule has 0 aliphatic carbocycles. The molecule has 1 aromatic carbocycles. The molecule has 18 heavy (non-hydrogen) atoms. The van der Waals surface area contributed by atoms with Crippen molar-refractivity contribution in [3.8, 4) is 0 Å². The first-order valence-corrected chi connectivity index (χ1v) is 7.07. The van der Waals surface area contributed by atoms with Crippen LogP contribution in [0, 0.1) is 0 Å². The second-order valence-electron chi connectivity index (χ2n) is 3.84. The molecule has 1 heterocycles. The number of primary amides is 1. The summed E-state index contributed by atoms with van der Waals surface area (Å²) >= 11 is 0. The van der Waals surface area contributed by atoms with Crippen LogP contribution in [-0.2, 0) is 21.2 Å². The standard InChI is InChI=1S/C11H13N3O3S/c1-2-18(16,17)11-13-8-5-3-4-6-9(8)14(11)7-10(12)15/h3-6H,2,7H2,1H3,(H2,12,15). The fourth-order valence-electron chi connectivity index (χ4n) is 1.73. The van der Waals surface area contributed by atoms with Gasteiger partial charge in [-0.1, -0.05) is 19.1 Å². The van der Waals surface area contributed by atoms with Gasteiger partial charge in [0.1, 0.15) is 6.54 Å². The second kappa shape index (κ2) is 4.41. The lowest BCUT2D eigenvalue weighted by molar-refractivity contribution is -0.118. The normalized spacial score (nSPS) is 11.8. The Morgan fingerprint density at radius 3 is 2.67 bits per heavy atom. The number of sulfone groups is 1. The number of para-hydroxylation sites is 2. The summed E-state index contributed by atoms with van der Waals surface area (Å²) in [7, 11) is -3.49. The molecular weight excluding hydrogens is 254 g/mol. The Morgan fingerprint density at radius 2 is 2.06 bits per heavy atom. The molecule has 0 bridgehead atoms. The number of imidazole rings is 1. The zero-order valence-electron chi connectivity index (χ0n) is 9.83. The zero-order valence-corrected chi connectivity index (χ0v) is 10.6. The van der Waals surface area contributed by atoms with Crippen LogP contribution < -0.4 is 5.73 Å². The molecule has 0 radical (unpaired) electrons. The van der Waals surface area contributed by atoms with Crippen LogP contribution in [0.5, 0.6) is 0 Å². The summed E-state index contributed by atoms with van der Waals surface area (Å²) in [5, 5.41) is -0.106. The van der Waals surface area contributed by atoms with Gasteiger partial charge in [0.2, 0.25) is 20.9 Å². The first-order chi connectivity index (χ1) is 8.45. The van der Waals surface area contributed by atoms with Crippen molar-refractivity contribution in [3.05, 3.63) is 24.3 Å². The number of hydrogen-bond acceptors (Lipinski definition) is 4. The van der Waals surface area contributed by atoms with Crippen LogP contribution in [0.4, 0.5) is 0 Å². The Balaban J connectivity index is 2.76. The SMILES string of the molecule is CCS(=O)(=O)c1nc2ccccc2n1CC(N)=O. The lowest BCUT2D eigenvalue weighted by Crippen LogP contribution is -2.22. The van der Waals surface area contributed by atoms with Gasteiger partial charge in [-0.3, -0.25) is 4.79 Å². The second-order valence-corrected chi connectivity index (χ2v) is 6.01. The summed E-state index contributed by atoms with van der Waals surface area (Å²) in [5.41, 5.74) is 6.27. The third kappa shape index (κ3) is 2.08. The van der Waals surface area contributed by atoms with E-state index in [-0.39, 0.29) is 17.5 Å². The Kier molecular flexibility index (Phi) is 3.08. The van der Waals surface area contributed by atoms with E-state index in [1.807, 2.05) is 0 Å². The average Bonchev–Trinajstić information content (AvgIpc) is 2.68. The number of rotatable bonds is 4. The molecule has 1 aromatic heterocycles. The summed E-state index contributed by atoms with van der Waals surface area (Å²) in [4.78, 5) is 15.1. The number of carbonyl (C=O) groups is 1. The number of fused-ring (bicyclic) bond motifs is 1. The minimum absolute atomic E-state index is 0.0743. The highest BCUT2D eigenvalue weighted by Crippen LogP contribution is 2.20. The predicted molar refractivity (Wildman–Crippen MR) is 66.7 cm³/mol. The fourth-order valence-corrected chi connectivity index (χ4v) is 2.72. The Labute approximate surface area is 104 Å². The molecule has 2 N–H and O–H groups in total. The first-order valence-electron chi connectivity index (χ1n) is 5.42. The first kappa shape index (κ1) is 12.6. The average molecular weight is 267 g/mol. The van der Waals surface area contributed by atoms with Gasteiger partial charge >= 0.3 is 0 Å². The van der Waals surface area contributed by atoms with E-state index in [0.29, 0.717) is 11.0 Å². The number of carbonyl (C=O) groups excluding carboxylic acids is 1. The van der Waals surface area contributed by atoms with Crippen molar-refractivity contribution in [2.45, 2.75) is 18.6 Å². The zero-order chi connectivity index (χ0) is 13.3. The van der Waals surface area contributed by atoms with Crippen LogP contribution in [0.3, 0.4) is 0 Å². The number of nitrogens with zero attached hydrogens (tertiary/aromatic N) is 2. The van der Waals surface area contributed by atoms with Crippen molar-refractivity contribution < 1.29 is 13.2 Å². The summed E-state index contributed by atoms with van der Waals surface area (Å²) in [6.07, 6.45) is 0. The molecular formula is C11H13N3O3S. The van der Waals surface area contributed by atoms with Gasteiger partial charge in [0.05, 0.1) is 16.8 Å². The monoisotopic (exact) mass is 267 g/mol. The van der Waals surface area contributed by atoms with Crippen molar-refractivity contribution in [1.29, 1.82) is 0 Å². The summed E-state index contributed by atoms with van der Waals surface area (Å²) in [6, 6.07) is 6.91. The molecule has 0 spiro atoms. The van der Waals surface area contributed by atoms with E-state index in [1.54, 1.807) is 24.3 Å². The van der Waals surface area contributed by atoms with Gasteiger partial charge in [-0.25, -0.2) is 13.4 Å². The Morgan fingerprint density at radius 1 is 1.39 bits per heavy atom. The van der Waals surface area contributed by atoms with Gasteiger partial charge in [-0.2, -0.15) is 0 Å². The number of amides is 1. The largest absolute Gasteiger partial charge is 0.368 e. The number of nitrogens with two attached hydrogens (primary N) is 1. The summed E-state index contributed by atoms with van der Waals surface area (Å²) in [5.74, 6) is -0.680. The maximum absolute atomic E-state index is 11.9. The highest BCUT2D eigenvalue weighted by Gasteiger charge is 2.22. The van der Waals surface area contributed by atoms with Gasteiger partial charge < -0.3 is 10.3 Å². The van der Waals surface area contributed by atoms with E-state index < -0.39 is 15.7 Å². The quantitative estimate of drug-likeness (QED) is 0.862. The molecule has 96 valence electrons. The van der Waals surface area contributed by atoms with Crippen LogP contribution in [0.25, 0.3) is 11.0 Å². The lowest BCUT2D eigenvalue weighted by Gasteiger charge is -2.05. The molecule has 0 aliphatic rings. The van der Waals surface area contributed by atoms with Crippen molar-refractivity contribution >= 4 is 26.8 Å². The minimum Gasteiger partial charge on any atom is -0.368 e. The smallest absolute Gasteiger partial charge is 0.237 e. The molecule has 0 unspecified atom stereocenters. The highest BCUT2D eigenvalue weighted by molar-refractivity contribution is 7.91. The summed E-state index contributed by atoms with van der Waals surface area (Å²) in [6.45, 7) is 1.33. The molecule has 2 rings (SSSR count). The maximum atomic E-state index is 11.9. The predicted octanol–water partition coefficient (Wildman–Crippen LogP) is 0.315. The van der Waals surface area contributed by atoms with Crippen molar-refractivity contribution in [1.82, 2.24) is 9.55 Å². The lowest BCUT2D eigenvalue weighted by atomic mass is 10.3. The molecule has 0 fully saturated rings. The van der Waals surface area contributed by atoms with Crippen LogP contribution in [0.2, 0.25) is 0 Å². The van der Waals surface area contributed by atoms with E-state index in [1.165, 1.54) is 11.5 Å². The number of hydrogen-bond donors (Lipinski definition) is 1. The van der Waals surface area contributed by atoms with E-state index in [0.717, 1.165) is 0 Å². The van der Waals surface area contributed by atoms with Crippen LogP contribution in [0.1, 0.15) is 6.92 Å². The van der Waals surface area contributed by atoms with Gasteiger partial charge in [0.25, 0.3) is 0 Å². The van der Waals surface area contributed by atoms with Crippen molar-refractivity contribution in [3.63, 3.8) is 0 Å². The number of aromatic nitrogens is 2. The van der Waals surface area contributed by atoms with E-state index in [4.69, 9.17) is 5.73 Å². The molecule has 6 nitrogen and oxygen atoms in total. The molecule has 0 saturated carbocycles. The molecule has 0 saturated heterocycles. The van der Waals surface area contributed by atoms with Gasteiger partial charge in [-0.15, -0.1) is 0 Å². The fraction of sp³-hybridized carbons (Fsp3) is 0.273. The van der Waals surface area contributed by atoms with Crippen LogP contribution >= 0.6 is 0 Å². The third-order valence-corrected chi connectivity index (χ3v) is 4.22. The van der Waals surface area contributed by atoms with E-state index in [2.05, 4.69) is 4.98 Å². The Bertz CT molecular complexity index is 703.